The normalized spacial score (nSPS) is 10.9. The van der Waals surface area contributed by atoms with Crippen LogP contribution in [0.1, 0.15) is 26.5 Å². The Labute approximate surface area is 92.4 Å². The van der Waals surface area contributed by atoms with Crippen molar-refractivity contribution in [2.24, 2.45) is 0 Å². The highest BCUT2D eigenvalue weighted by atomic mass is 32.1. The zero-order valence-corrected chi connectivity index (χ0v) is 9.97. The van der Waals surface area contributed by atoms with Crippen molar-refractivity contribution >= 4 is 22.6 Å². The summed E-state index contributed by atoms with van der Waals surface area (Å²) in [6, 6.07) is 0. The monoisotopic (exact) mass is 230 g/mol. The Morgan fingerprint density at radius 1 is 1.53 bits per heavy atom. The van der Waals surface area contributed by atoms with Gasteiger partial charge in [-0.05, 0) is 27.7 Å². The molecule has 1 aromatic heterocycles. The molecule has 0 aliphatic rings. The highest BCUT2D eigenvalue weighted by Crippen LogP contribution is 2.15. The van der Waals surface area contributed by atoms with E-state index in [0.29, 0.717) is 5.13 Å². The molecule has 0 spiro atoms. The van der Waals surface area contributed by atoms with E-state index < -0.39 is 11.8 Å². The Hall–Kier alpha value is -1.30. The lowest BCUT2D eigenvalue weighted by Crippen LogP contribution is -2.25. The fraction of sp³-hybridized carbons (Fsp3) is 0.556. The van der Waals surface area contributed by atoms with Gasteiger partial charge in [0, 0.05) is 5.38 Å². The van der Waals surface area contributed by atoms with Crippen LogP contribution in [0.25, 0.3) is 0 Å². The number of carbonyl (C=O) groups excluding carboxylic acids is 1. The highest BCUT2D eigenvalue weighted by molar-refractivity contribution is 7.13. The van der Waals surface area contributed by atoms with Crippen LogP contribution in [0.4, 0.5) is 9.93 Å². The molecule has 0 radical (unpaired) electrons. The summed E-state index contributed by atoms with van der Waals surface area (Å²) in [6.07, 6.45) is -0.768. The van der Waals surface area contributed by atoms with Gasteiger partial charge >= 0.3 is 6.16 Å². The van der Waals surface area contributed by atoms with Crippen LogP contribution in [-0.4, -0.2) is 16.7 Å². The van der Waals surface area contributed by atoms with Crippen molar-refractivity contribution in [3.8, 4) is 0 Å². The van der Waals surface area contributed by atoms with Crippen molar-refractivity contribution < 1.29 is 14.4 Å². The SMILES string of the molecule is Cc1csc(NOC(=O)OC(C)(C)C)n1. The van der Waals surface area contributed by atoms with Crippen LogP contribution in [0.2, 0.25) is 0 Å². The number of aryl methyl sites for hydroxylation is 1. The van der Waals surface area contributed by atoms with E-state index in [1.54, 1.807) is 20.8 Å². The van der Waals surface area contributed by atoms with Crippen LogP contribution < -0.4 is 5.48 Å². The summed E-state index contributed by atoms with van der Waals surface area (Å²) < 4.78 is 4.92. The van der Waals surface area contributed by atoms with E-state index in [1.165, 1.54) is 11.3 Å². The smallest absolute Gasteiger partial charge is 0.427 e. The molecular weight excluding hydrogens is 216 g/mol. The largest absolute Gasteiger partial charge is 0.533 e. The molecule has 1 N–H and O–H groups in total. The number of hydrogen-bond donors (Lipinski definition) is 1. The van der Waals surface area contributed by atoms with E-state index >= 15 is 0 Å². The predicted octanol–water partition coefficient (Wildman–Crippen LogP) is 2.73. The molecule has 1 rings (SSSR count). The van der Waals surface area contributed by atoms with Gasteiger partial charge in [-0.25, -0.2) is 9.78 Å². The number of anilines is 1. The second kappa shape index (κ2) is 4.48. The molecule has 0 saturated carbocycles. The van der Waals surface area contributed by atoms with Gasteiger partial charge in [0.25, 0.3) is 0 Å². The number of thiazole rings is 1. The quantitative estimate of drug-likeness (QED) is 0.625. The van der Waals surface area contributed by atoms with Gasteiger partial charge in [-0.1, -0.05) is 0 Å². The molecule has 0 unspecified atom stereocenters. The first kappa shape index (κ1) is 11.8. The van der Waals surface area contributed by atoms with E-state index in [1.807, 2.05) is 12.3 Å². The minimum absolute atomic E-state index is 0.526. The first-order chi connectivity index (χ1) is 6.87. The van der Waals surface area contributed by atoms with Gasteiger partial charge in [0.15, 0.2) is 0 Å². The van der Waals surface area contributed by atoms with Crippen molar-refractivity contribution in [1.29, 1.82) is 0 Å². The lowest BCUT2D eigenvalue weighted by atomic mass is 10.2. The summed E-state index contributed by atoms with van der Waals surface area (Å²) in [4.78, 5) is 19.8. The number of hydrogen-bond acceptors (Lipinski definition) is 6. The molecule has 0 atom stereocenters. The standard InChI is InChI=1S/C9H14N2O3S/c1-6-5-15-7(10-6)11-14-8(12)13-9(2,3)4/h5H,1-4H3,(H,10,11). The van der Waals surface area contributed by atoms with E-state index in [0.717, 1.165) is 5.69 Å². The maximum atomic E-state index is 11.1. The molecule has 0 amide bonds. The molecule has 0 fully saturated rings. The lowest BCUT2D eigenvalue weighted by Gasteiger charge is -2.18. The molecule has 6 heteroatoms. The van der Waals surface area contributed by atoms with Crippen molar-refractivity contribution in [2.75, 3.05) is 5.48 Å². The van der Waals surface area contributed by atoms with Crippen LogP contribution in [-0.2, 0) is 9.57 Å². The number of ether oxygens (including phenoxy) is 1. The number of carbonyl (C=O) groups is 1. The Kier molecular flexibility index (Phi) is 3.52. The van der Waals surface area contributed by atoms with Crippen molar-refractivity contribution in [2.45, 2.75) is 33.3 Å². The summed E-state index contributed by atoms with van der Waals surface area (Å²) in [7, 11) is 0. The van der Waals surface area contributed by atoms with E-state index in [9.17, 15) is 4.79 Å². The summed E-state index contributed by atoms with van der Waals surface area (Å²) in [5.74, 6) is 0. The predicted molar refractivity (Wildman–Crippen MR) is 57.8 cm³/mol. The van der Waals surface area contributed by atoms with Gasteiger partial charge < -0.3 is 9.57 Å². The lowest BCUT2D eigenvalue weighted by molar-refractivity contribution is 0.00298. The fourth-order valence-corrected chi connectivity index (χ4v) is 1.38. The van der Waals surface area contributed by atoms with Gasteiger partial charge in [0.1, 0.15) is 5.60 Å². The second-order valence-electron chi connectivity index (χ2n) is 3.96. The summed E-state index contributed by atoms with van der Waals surface area (Å²) in [6.45, 7) is 7.15. The van der Waals surface area contributed by atoms with Gasteiger partial charge in [0.05, 0.1) is 5.69 Å². The summed E-state index contributed by atoms with van der Waals surface area (Å²) >= 11 is 1.35. The average Bonchev–Trinajstić information content (AvgIpc) is 2.45. The number of nitrogens with zero attached hydrogens (tertiary/aromatic N) is 1. The van der Waals surface area contributed by atoms with E-state index in [4.69, 9.17) is 4.74 Å². The number of aromatic nitrogens is 1. The van der Waals surface area contributed by atoms with Crippen LogP contribution in [0.5, 0.6) is 0 Å². The maximum absolute atomic E-state index is 11.1. The molecule has 0 aliphatic carbocycles. The molecule has 0 bridgehead atoms. The van der Waals surface area contributed by atoms with Crippen LogP contribution in [0, 0.1) is 6.92 Å². The minimum atomic E-state index is -0.768. The molecule has 0 saturated heterocycles. The van der Waals surface area contributed by atoms with Crippen molar-refractivity contribution in [3.63, 3.8) is 0 Å². The Morgan fingerprint density at radius 2 is 2.20 bits per heavy atom. The van der Waals surface area contributed by atoms with Crippen LogP contribution in [0.15, 0.2) is 5.38 Å². The van der Waals surface area contributed by atoms with Gasteiger partial charge in [-0.3, -0.25) is 0 Å². The zero-order valence-electron chi connectivity index (χ0n) is 9.16. The average molecular weight is 230 g/mol. The molecule has 0 aromatic carbocycles. The molecule has 5 nitrogen and oxygen atoms in total. The molecule has 1 aromatic rings. The summed E-state index contributed by atoms with van der Waals surface area (Å²) in [5.41, 5.74) is 2.73. The van der Waals surface area contributed by atoms with Gasteiger partial charge in [-0.15, -0.1) is 11.3 Å². The third-order valence-electron chi connectivity index (χ3n) is 1.23. The maximum Gasteiger partial charge on any atom is 0.533 e. The third kappa shape index (κ3) is 4.64. The van der Waals surface area contributed by atoms with Crippen molar-refractivity contribution in [3.05, 3.63) is 11.1 Å². The molecule has 1 heterocycles. The fourth-order valence-electron chi connectivity index (χ4n) is 0.757. The summed E-state index contributed by atoms with van der Waals surface area (Å²) in [5, 5.41) is 2.37. The first-order valence-electron chi connectivity index (χ1n) is 4.45. The Bertz CT molecular complexity index is 343. The van der Waals surface area contributed by atoms with Crippen molar-refractivity contribution in [1.82, 2.24) is 4.98 Å². The molecule has 84 valence electrons. The molecule has 0 aliphatic heterocycles. The third-order valence-corrected chi connectivity index (χ3v) is 2.09. The Balaban J connectivity index is 2.35. The topological polar surface area (TPSA) is 60.5 Å². The van der Waals surface area contributed by atoms with Gasteiger partial charge in [-0.2, -0.15) is 5.48 Å². The van der Waals surface area contributed by atoms with E-state index in [2.05, 4.69) is 15.3 Å². The highest BCUT2D eigenvalue weighted by Gasteiger charge is 2.17. The van der Waals surface area contributed by atoms with Crippen LogP contribution in [0.3, 0.4) is 0 Å². The van der Waals surface area contributed by atoms with Gasteiger partial charge in [0.2, 0.25) is 5.13 Å². The minimum Gasteiger partial charge on any atom is -0.427 e. The van der Waals surface area contributed by atoms with E-state index in [-0.39, 0.29) is 0 Å². The number of nitrogens with one attached hydrogen (secondary N) is 1. The zero-order chi connectivity index (χ0) is 11.5. The second-order valence-corrected chi connectivity index (χ2v) is 4.82. The molecular formula is C9H14N2O3S. The first-order valence-corrected chi connectivity index (χ1v) is 5.33. The number of rotatable bonds is 2. The molecule has 15 heavy (non-hydrogen) atoms. The Morgan fingerprint density at radius 3 is 2.67 bits per heavy atom. The van der Waals surface area contributed by atoms with Crippen LogP contribution >= 0.6 is 11.3 Å².